The summed E-state index contributed by atoms with van der Waals surface area (Å²) in [6.45, 7) is 3.94. The Kier molecular flexibility index (Phi) is 8.52. The number of carbonyl (C=O) groups excluding carboxylic acids is 1. The van der Waals surface area contributed by atoms with Crippen LogP contribution in [-0.2, 0) is 6.18 Å². The first-order valence-electron chi connectivity index (χ1n) is 10.4. The number of carbonyl (C=O) groups is 1. The van der Waals surface area contributed by atoms with Gasteiger partial charge in [-0.25, -0.2) is 4.98 Å². The number of alkyl halides is 3. The van der Waals surface area contributed by atoms with Gasteiger partial charge in [-0.3, -0.25) is 4.79 Å². The molecule has 0 aliphatic heterocycles. The van der Waals surface area contributed by atoms with Gasteiger partial charge in [0.2, 0.25) is 5.82 Å². The van der Waals surface area contributed by atoms with Gasteiger partial charge in [0.05, 0.1) is 29.1 Å². The Morgan fingerprint density at radius 1 is 1.22 bits per heavy atom. The lowest BCUT2D eigenvalue weighted by Crippen LogP contribution is -2.33. The summed E-state index contributed by atoms with van der Waals surface area (Å²) in [6, 6.07) is 5.85. The quantitative estimate of drug-likeness (QED) is 0.741. The van der Waals surface area contributed by atoms with Gasteiger partial charge in [-0.15, -0.1) is 5.10 Å². The van der Waals surface area contributed by atoms with E-state index in [1.807, 2.05) is 25.8 Å². The van der Waals surface area contributed by atoms with E-state index in [2.05, 4.69) is 15.2 Å². The van der Waals surface area contributed by atoms with E-state index in [9.17, 15) is 18.0 Å². The lowest BCUT2D eigenvalue weighted by molar-refractivity contribution is -0.137. The zero-order valence-corrected chi connectivity index (χ0v) is 18.4. The molecule has 3 rings (SSSR count). The summed E-state index contributed by atoms with van der Waals surface area (Å²) in [4.78, 5) is 16.2. The number of anilines is 1. The van der Waals surface area contributed by atoms with Gasteiger partial charge in [0.1, 0.15) is 0 Å². The third-order valence-electron chi connectivity index (χ3n) is 5.35. The van der Waals surface area contributed by atoms with Crippen LogP contribution in [0.15, 0.2) is 24.4 Å². The van der Waals surface area contributed by atoms with Crippen molar-refractivity contribution in [3.8, 4) is 6.07 Å². The van der Waals surface area contributed by atoms with Crippen molar-refractivity contribution in [3.63, 3.8) is 0 Å². The van der Waals surface area contributed by atoms with Gasteiger partial charge in [-0.2, -0.15) is 23.5 Å². The number of amides is 1. The van der Waals surface area contributed by atoms with E-state index in [4.69, 9.17) is 11.0 Å². The summed E-state index contributed by atoms with van der Waals surface area (Å²) in [6.07, 6.45) is 2.49. The number of benzene rings is 1. The number of hydrogen-bond donors (Lipinski definition) is 1. The molecule has 1 aromatic heterocycles. The van der Waals surface area contributed by atoms with Crippen molar-refractivity contribution in [3.05, 3.63) is 47.0 Å². The number of nitrogens with two attached hydrogens (primary N) is 1. The Bertz CT molecular complexity index is 948. The highest BCUT2D eigenvalue weighted by molar-refractivity contribution is 5.88. The largest absolute Gasteiger partial charge is 0.417 e. The second-order valence-electron chi connectivity index (χ2n) is 7.97. The van der Waals surface area contributed by atoms with Crippen molar-refractivity contribution in [1.82, 2.24) is 15.2 Å². The van der Waals surface area contributed by atoms with Crippen LogP contribution in [0.5, 0.6) is 0 Å². The number of halogens is 3. The van der Waals surface area contributed by atoms with Gasteiger partial charge in [-0.1, -0.05) is 33.1 Å². The molecule has 1 aliphatic rings. The van der Waals surface area contributed by atoms with Gasteiger partial charge in [0.15, 0.2) is 0 Å². The van der Waals surface area contributed by atoms with Gasteiger partial charge < -0.3 is 10.6 Å². The number of hydrogen-bond acceptors (Lipinski definition) is 6. The van der Waals surface area contributed by atoms with E-state index >= 15 is 0 Å². The average Bonchev–Trinajstić information content (AvgIpc) is 2.78. The first-order valence-corrected chi connectivity index (χ1v) is 10.4. The van der Waals surface area contributed by atoms with Crippen LogP contribution < -0.4 is 10.6 Å². The highest BCUT2D eigenvalue weighted by Crippen LogP contribution is 2.35. The molecule has 10 heteroatoms. The molecule has 2 N–H and O–H groups in total. The van der Waals surface area contributed by atoms with E-state index < -0.39 is 17.6 Å². The fraction of sp³-hybridized carbons (Fsp3) is 0.500. The molecule has 0 saturated heterocycles. The highest BCUT2D eigenvalue weighted by Gasteiger charge is 2.34. The molecule has 0 spiro atoms. The summed E-state index contributed by atoms with van der Waals surface area (Å²) >= 11 is 0. The lowest BCUT2D eigenvalue weighted by Gasteiger charge is -2.33. The summed E-state index contributed by atoms with van der Waals surface area (Å²) in [5.74, 6) is -0.441. The molecule has 1 heterocycles. The number of nitriles is 1. The minimum atomic E-state index is -4.49. The topological polar surface area (TPSA) is 109 Å². The van der Waals surface area contributed by atoms with Crippen LogP contribution >= 0.6 is 0 Å². The van der Waals surface area contributed by atoms with Crippen LogP contribution in [-0.4, -0.2) is 34.2 Å². The molecule has 1 aliphatic carbocycles. The van der Waals surface area contributed by atoms with Crippen molar-refractivity contribution in [2.75, 3.05) is 11.9 Å². The second kappa shape index (κ2) is 10.9. The molecule has 7 nitrogen and oxygen atoms in total. The molecular formula is C22H27F3N6O. The number of primary amides is 1. The van der Waals surface area contributed by atoms with Crippen LogP contribution in [0.1, 0.15) is 79.3 Å². The average molecular weight is 448 g/mol. The molecule has 172 valence electrons. The summed E-state index contributed by atoms with van der Waals surface area (Å²) in [5.41, 5.74) is 5.05. The highest BCUT2D eigenvalue weighted by atomic mass is 19.4. The Labute approximate surface area is 185 Å². The minimum absolute atomic E-state index is 0.0422. The zero-order valence-electron chi connectivity index (χ0n) is 18.4. The molecule has 32 heavy (non-hydrogen) atoms. The van der Waals surface area contributed by atoms with E-state index in [0.717, 1.165) is 37.4 Å². The first kappa shape index (κ1) is 25.0. The third kappa shape index (κ3) is 6.64. The third-order valence-corrected chi connectivity index (χ3v) is 5.35. The Morgan fingerprint density at radius 3 is 2.34 bits per heavy atom. The second-order valence-corrected chi connectivity index (χ2v) is 7.97. The predicted octanol–water partition coefficient (Wildman–Crippen LogP) is 4.44. The van der Waals surface area contributed by atoms with Crippen molar-refractivity contribution in [2.45, 2.75) is 64.1 Å². The number of rotatable bonds is 4. The SMILES string of the molecule is CC(C)c1cnc(C(N)=O)nn1.CN(c1ccc(C#N)c(C(F)(F)F)c1)C1CCCCC1. The van der Waals surface area contributed by atoms with E-state index in [1.54, 1.807) is 12.1 Å². The van der Waals surface area contributed by atoms with Crippen LogP contribution in [0.25, 0.3) is 0 Å². The van der Waals surface area contributed by atoms with E-state index in [0.29, 0.717) is 5.69 Å². The molecule has 1 aromatic carbocycles. The fourth-order valence-electron chi connectivity index (χ4n) is 3.42. The van der Waals surface area contributed by atoms with Crippen molar-refractivity contribution < 1.29 is 18.0 Å². The van der Waals surface area contributed by atoms with Crippen LogP contribution in [0, 0.1) is 11.3 Å². The van der Waals surface area contributed by atoms with Gasteiger partial charge in [-0.05, 0) is 37.0 Å². The monoisotopic (exact) mass is 448 g/mol. The normalized spacial score (nSPS) is 14.3. The fourth-order valence-corrected chi connectivity index (χ4v) is 3.42. The Morgan fingerprint density at radius 2 is 1.88 bits per heavy atom. The van der Waals surface area contributed by atoms with Crippen LogP contribution in [0.4, 0.5) is 18.9 Å². The Hall–Kier alpha value is -3.22. The molecule has 1 amide bonds. The maximum atomic E-state index is 13.0. The van der Waals surface area contributed by atoms with E-state index in [-0.39, 0.29) is 23.3 Å². The van der Waals surface area contributed by atoms with Crippen LogP contribution in [0.3, 0.4) is 0 Å². The minimum Gasteiger partial charge on any atom is -0.372 e. The molecule has 2 aromatic rings. The Balaban J connectivity index is 0.000000258. The van der Waals surface area contributed by atoms with Crippen LogP contribution in [0.2, 0.25) is 0 Å². The van der Waals surface area contributed by atoms with Crippen molar-refractivity contribution in [2.24, 2.45) is 5.73 Å². The summed E-state index contributed by atoms with van der Waals surface area (Å²) in [7, 11) is 1.83. The van der Waals surface area contributed by atoms with Crippen molar-refractivity contribution in [1.29, 1.82) is 5.26 Å². The lowest BCUT2D eigenvalue weighted by atomic mass is 9.94. The maximum absolute atomic E-state index is 13.0. The molecule has 0 unspecified atom stereocenters. The maximum Gasteiger partial charge on any atom is 0.417 e. The predicted molar refractivity (Wildman–Crippen MR) is 114 cm³/mol. The van der Waals surface area contributed by atoms with Gasteiger partial charge >= 0.3 is 6.18 Å². The number of nitrogens with zero attached hydrogens (tertiary/aromatic N) is 5. The molecule has 1 fully saturated rings. The molecule has 0 radical (unpaired) electrons. The van der Waals surface area contributed by atoms with E-state index in [1.165, 1.54) is 18.7 Å². The van der Waals surface area contributed by atoms with Gasteiger partial charge in [0, 0.05) is 18.8 Å². The zero-order chi connectivity index (χ0) is 23.9. The summed E-state index contributed by atoms with van der Waals surface area (Å²) in [5, 5.41) is 16.1. The molecule has 1 saturated carbocycles. The molecular weight excluding hydrogens is 421 g/mol. The first-order chi connectivity index (χ1) is 15.0. The number of aromatic nitrogens is 3. The van der Waals surface area contributed by atoms with Crippen molar-refractivity contribution >= 4 is 11.6 Å². The molecule has 0 atom stereocenters. The smallest absolute Gasteiger partial charge is 0.372 e. The van der Waals surface area contributed by atoms with Gasteiger partial charge in [0.25, 0.3) is 5.91 Å². The standard InChI is InChI=1S/C15H17F3N2.C7H10N4O/c1-20(12-5-3-2-4-6-12)13-8-7-11(10-19)14(9-13)15(16,17)18;1-4(2)5-3-9-7(6(8)12)11-10-5/h7-9,12H,2-6H2,1H3;3-4H,1-2H3,(H2,8,12). The summed E-state index contributed by atoms with van der Waals surface area (Å²) < 4.78 is 38.9. The molecule has 0 bridgehead atoms.